The molecule has 0 radical (unpaired) electrons. The van der Waals surface area contributed by atoms with Gasteiger partial charge in [0.1, 0.15) is 0 Å². The maximum atomic E-state index is 2.21. The Balaban J connectivity index is 3.79. The summed E-state index contributed by atoms with van der Waals surface area (Å²) in [7, 11) is 0. The molecule has 0 rings (SSSR count). The van der Waals surface area contributed by atoms with Gasteiger partial charge in [0, 0.05) is 0 Å². The van der Waals surface area contributed by atoms with Crippen LogP contribution in [0.3, 0.4) is 0 Å². The first-order chi connectivity index (χ1) is 4.68. The number of hydrogen-bond donors (Lipinski definition) is 0. The molecule has 10 heavy (non-hydrogen) atoms. The minimum absolute atomic E-state index is 0.682. The van der Waals surface area contributed by atoms with E-state index in [2.05, 4.69) is 45.9 Å². The highest BCUT2D eigenvalue weighted by molar-refractivity contribution is 5.11. The van der Waals surface area contributed by atoms with Gasteiger partial charge >= 0.3 is 0 Å². The average molecular weight is 138 g/mol. The lowest BCUT2D eigenvalue weighted by molar-refractivity contribution is 0.769. The van der Waals surface area contributed by atoms with Crippen LogP contribution in [0.5, 0.6) is 0 Å². The Morgan fingerprint density at radius 1 is 1.40 bits per heavy atom. The zero-order valence-electron chi connectivity index (χ0n) is 7.52. The predicted octanol–water partition coefficient (Wildman–Crippen LogP) is 3.55. The Bertz CT molecular complexity index is 127. The fraction of sp³-hybridized carbons (Fsp3) is 0.600. The summed E-state index contributed by atoms with van der Waals surface area (Å²) in [6.07, 6.45) is 7.62. The van der Waals surface area contributed by atoms with Gasteiger partial charge in [0.15, 0.2) is 0 Å². The lowest BCUT2D eigenvalue weighted by atomic mass is 10.1. The van der Waals surface area contributed by atoms with E-state index in [-0.39, 0.29) is 0 Å². The van der Waals surface area contributed by atoms with Crippen molar-refractivity contribution in [2.24, 2.45) is 5.92 Å². The van der Waals surface area contributed by atoms with Gasteiger partial charge in [0.25, 0.3) is 0 Å². The second-order valence-electron chi connectivity index (χ2n) is 2.90. The van der Waals surface area contributed by atoms with Crippen LogP contribution in [0.1, 0.15) is 34.1 Å². The van der Waals surface area contributed by atoms with Gasteiger partial charge in [-0.2, -0.15) is 0 Å². The molecule has 0 amide bonds. The van der Waals surface area contributed by atoms with Gasteiger partial charge < -0.3 is 0 Å². The second-order valence-corrected chi connectivity index (χ2v) is 2.90. The van der Waals surface area contributed by atoms with Crippen molar-refractivity contribution in [3.05, 3.63) is 23.8 Å². The molecule has 0 spiro atoms. The minimum atomic E-state index is 0.682. The summed E-state index contributed by atoms with van der Waals surface area (Å²) in [5.41, 5.74) is 1.45. The molecular formula is C10H18. The lowest BCUT2D eigenvalue weighted by Crippen LogP contribution is -1.86. The Morgan fingerprint density at radius 2 is 2.00 bits per heavy atom. The first-order valence-electron chi connectivity index (χ1n) is 4.01. The third kappa shape index (κ3) is 4.37. The van der Waals surface area contributed by atoms with Gasteiger partial charge in [-0.3, -0.25) is 0 Å². The van der Waals surface area contributed by atoms with Gasteiger partial charge in [-0.15, -0.1) is 0 Å². The van der Waals surface area contributed by atoms with Gasteiger partial charge in [0.2, 0.25) is 0 Å². The van der Waals surface area contributed by atoms with Crippen LogP contribution in [0.4, 0.5) is 0 Å². The van der Waals surface area contributed by atoms with Crippen LogP contribution in [0.25, 0.3) is 0 Å². The summed E-state index contributed by atoms with van der Waals surface area (Å²) in [5.74, 6) is 0.682. The Labute approximate surface area is 64.6 Å². The highest BCUT2D eigenvalue weighted by Gasteiger charge is 1.91. The van der Waals surface area contributed by atoms with Crippen molar-refractivity contribution in [3.63, 3.8) is 0 Å². The van der Waals surface area contributed by atoms with E-state index in [1.165, 1.54) is 5.57 Å². The van der Waals surface area contributed by atoms with Gasteiger partial charge in [-0.1, -0.05) is 44.6 Å². The van der Waals surface area contributed by atoms with Crippen molar-refractivity contribution in [2.45, 2.75) is 34.1 Å². The smallest absolute Gasteiger partial charge is 0.0260 e. The fourth-order valence-electron chi connectivity index (χ4n) is 0.548. The molecule has 0 aliphatic carbocycles. The average Bonchev–Trinajstić information content (AvgIpc) is 1.88. The van der Waals surface area contributed by atoms with Crippen LogP contribution in [0.2, 0.25) is 0 Å². The van der Waals surface area contributed by atoms with Crippen molar-refractivity contribution >= 4 is 0 Å². The predicted molar refractivity (Wildman–Crippen MR) is 48.0 cm³/mol. The normalized spacial score (nSPS) is 13.5. The van der Waals surface area contributed by atoms with Gasteiger partial charge in [-0.25, -0.2) is 0 Å². The summed E-state index contributed by atoms with van der Waals surface area (Å²) in [6, 6.07) is 0. The fourth-order valence-corrected chi connectivity index (χ4v) is 0.548. The summed E-state index contributed by atoms with van der Waals surface area (Å²) in [6.45, 7) is 8.75. The maximum absolute atomic E-state index is 2.21. The van der Waals surface area contributed by atoms with E-state index in [4.69, 9.17) is 0 Å². The van der Waals surface area contributed by atoms with Crippen LogP contribution >= 0.6 is 0 Å². The molecule has 0 aromatic carbocycles. The summed E-state index contributed by atoms with van der Waals surface area (Å²) < 4.78 is 0. The lowest BCUT2D eigenvalue weighted by Gasteiger charge is -2.01. The standard InChI is InChI=1S/C10H18/c1-5-6-7-8-10(4)9(2)3/h6-9H,5H2,1-4H3/b7-6-,10-8-. The zero-order valence-corrected chi connectivity index (χ0v) is 7.52. The van der Waals surface area contributed by atoms with Crippen molar-refractivity contribution < 1.29 is 0 Å². The third-order valence-corrected chi connectivity index (χ3v) is 1.64. The molecule has 0 atom stereocenters. The molecule has 0 bridgehead atoms. The molecule has 0 saturated heterocycles. The van der Waals surface area contributed by atoms with Gasteiger partial charge in [-0.05, 0) is 19.3 Å². The van der Waals surface area contributed by atoms with Crippen LogP contribution < -0.4 is 0 Å². The molecule has 58 valence electrons. The van der Waals surface area contributed by atoms with E-state index in [1.807, 2.05) is 0 Å². The number of hydrogen-bond acceptors (Lipinski definition) is 0. The van der Waals surface area contributed by atoms with E-state index in [0.717, 1.165) is 6.42 Å². The Kier molecular flexibility index (Phi) is 5.00. The molecule has 0 unspecified atom stereocenters. The molecule has 0 N–H and O–H groups in total. The van der Waals surface area contributed by atoms with E-state index >= 15 is 0 Å². The van der Waals surface area contributed by atoms with Crippen LogP contribution in [0, 0.1) is 5.92 Å². The number of rotatable bonds is 3. The van der Waals surface area contributed by atoms with Crippen molar-refractivity contribution in [1.29, 1.82) is 0 Å². The van der Waals surface area contributed by atoms with Crippen molar-refractivity contribution in [3.8, 4) is 0 Å². The quantitative estimate of drug-likeness (QED) is 0.523. The van der Waals surface area contributed by atoms with Crippen LogP contribution in [-0.2, 0) is 0 Å². The molecule has 0 heterocycles. The first-order valence-corrected chi connectivity index (χ1v) is 4.01. The van der Waals surface area contributed by atoms with Crippen molar-refractivity contribution in [2.75, 3.05) is 0 Å². The monoisotopic (exact) mass is 138 g/mol. The van der Waals surface area contributed by atoms with E-state index in [9.17, 15) is 0 Å². The summed E-state index contributed by atoms with van der Waals surface area (Å²) in [4.78, 5) is 0. The highest BCUT2D eigenvalue weighted by Crippen LogP contribution is 2.07. The SMILES string of the molecule is CC/C=C\C=C(\C)C(C)C. The van der Waals surface area contributed by atoms with Crippen molar-refractivity contribution in [1.82, 2.24) is 0 Å². The van der Waals surface area contributed by atoms with E-state index < -0.39 is 0 Å². The zero-order chi connectivity index (χ0) is 7.98. The molecule has 0 aliphatic rings. The van der Waals surface area contributed by atoms with Crippen LogP contribution in [-0.4, -0.2) is 0 Å². The molecule has 0 aromatic rings. The molecular weight excluding hydrogens is 120 g/mol. The maximum Gasteiger partial charge on any atom is -0.0260 e. The first kappa shape index (κ1) is 9.48. The van der Waals surface area contributed by atoms with Gasteiger partial charge in [0.05, 0.1) is 0 Å². The molecule has 0 heteroatoms. The van der Waals surface area contributed by atoms with E-state index in [0.29, 0.717) is 5.92 Å². The molecule has 0 aromatic heterocycles. The van der Waals surface area contributed by atoms with E-state index in [1.54, 1.807) is 0 Å². The minimum Gasteiger partial charge on any atom is -0.0848 e. The third-order valence-electron chi connectivity index (χ3n) is 1.64. The largest absolute Gasteiger partial charge is 0.0848 e. The summed E-state index contributed by atoms with van der Waals surface area (Å²) in [5, 5.41) is 0. The topological polar surface area (TPSA) is 0 Å². The Hall–Kier alpha value is -0.520. The number of allylic oxidation sites excluding steroid dienone is 4. The van der Waals surface area contributed by atoms with Crippen LogP contribution in [0.15, 0.2) is 23.8 Å². The molecule has 0 aliphatic heterocycles. The Morgan fingerprint density at radius 3 is 2.40 bits per heavy atom. The second kappa shape index (κ2) is 5.28. The molecule has 0 nitrogen and oxygen atoms in total. The summed E-state index contributed by atoms with van der Waals surface area (Å²) >= 11 is 0. The molecule has 0 fully saturated rings. The molecule has 0 saturated carbocycles. The highest BCUT2D eigenvalue weighted by atomic mass is 14.0.